The van der Waals surface area contributed by atoms with Crippen LogP contribution in [-0.4, -0.2) is 124 Å². The normalized spacial score (nSPS) is 18.4. The molecule has 3 aliphatic rings. The number of piperazine rings is 1. The molecule has 1 atom stereocenters. The van der Waals surface area contributed by atoms with E-state index in [1.165, 1.54) is 11.0 Å². The molecule has 4 aromatic rings. The van der Waals surface area contributed by atoms with E-state index in [1.807, 2.05) is 18.2 Å². The van der Waals surface area contributed by atoms with E-state index in [-0.39, 0.29) is 30.7 Å². The highest BCUT2D eigenvalue weighted by Gasteiger charge is 2.28. The molecule has 7 rings (SSSR count). The summed E-state index contributed by atoms with van der Waals surface area (Å²) in [4.78, 5) is 41.3. The minimum absolute atomic E-state index is 0.123. The summed E-state index contributed by atoms with van der Waals surface area (Å²) in [5.74, 6) is 0.945. The summed E-state index contributed by atoms with van der Waals surface area (Å²) in [7, 11) is 2.10. The highest BCUT2D eigenvalue weighted by molar-refractivity contribution is 7.82. The Kier molecular flexibility index (Phi) is 12.4. The molecule has 3 saturated heterocycles. The summed E-state index contributed by atoms with van der Waals surface area (Å²) >= 11 is 5.91. The van der Waals surface area contributed by atoms with Crippen molar-refractivity contribution in [3.05, 3.63) is 59.6 Å². The number of piperidine rings is 2. The van der Waals surface area contributed by atoms with Crippen LogP contribution in [0.15, 0.2) is 53.7 Å². The molecular formula is C38H49ClFN11O3S. The van der Waals surface area contributed by atoms with Gasteiger partial charge < -0.3 is 20.4 Å². The fourth-order valence-electron chi connectivity index (χ4n) is 7.84. The van der Waals surface area contributed by atoms with Gasteiger partial charge in [-0.05, 0) is 61.9 Å². The number of benzene rings is 2. The lowest BCUT2D eigenvalue weighted by Gasteiger charge is -2.40. The summed E-state index contributed by atoms with van der Waals surface area (Å²) in [5, 5.41) is 11.5. The number of carbonyl (C=O) groups excluding carboxylic acids is 2. The van der Waals surface area contributed by atoms with Crippen LogP contribution in [0.4, 0.5) is 27.5 Å². The summed E-state index contributed by atoms with van der Waals surface area (Å²) in [5.41, 5.74) is 2.38. The predicted molar refractivity (Wildman–Crippen MR) is 214 cm³/mol. The van der Waals surface area contributed by atoms with E-state index in [9.17, 15) is 13.8 Å². The summed E-state index contributed by atoms with van der Waals surface area (Å²) in [6, 6.07) is 11.7. The van der Waals surface area contributed by atoms with Gasteiger partial charge in [0.15, 0.2) is 5.82 Å². The van der Waals surface area contributed by atoms with Gasteiger partial charge in [-0.1, -0.05) is 17.7 Å². The Morgan fingerprint density at radius 3 is 2.42 bits per heavy atom. The van der Waals surface area contributed by atoms with E-state index in [0.29, 0.717) is 53.3 Å². The zero-order valence-electron chi connectivity index (χ0n) is 31.4. The van der Waals surface area contributed by atoms with E-state index >= 15 is 4.39 Å². The quantitative estimate of drug-likeness (QED) is 0.192. The Hall–Kier alpha value is -4.38. The topological polar surface area (TPSA) is 135 Å². The fraction of sp³-hybridized carbons (Fsp3) is 0.500. The Bertz CT molecular complexity index is 1980. The Morgan fingerprint density at radius 2 is 1.73 bits per heavy atom. The predicted octanol–water partition coefficient (Wildman–Crippen LogP) is 3.89. The molecule has 0 spiro atoms. The molecule has 0 radical (unpaired) electrons. The van der Waals surface area contributed by atoms with Gasteiger partial charge in [0.05, 0.1) is 33.5 Å². The first-order chi connectivity index (χ1) is 26.7. The summed E-state index contributed by atoms with van der Waals surface area (Å²) < 4.78 is 32.9. The molecule has 2 amide bonds. The second kappa shape index (κ2) is 17.6. The molecule has 1 unspecified atom stereocenters. The molecule has 2 N–H and O–H groups in total. The zero-order valence-corrected chi connectivity index (χ0v) is 32.9. The van der Waals surface area contributed by atoms with Crippen molar-refractivity contribution in [3.8, 4) is 0 Å². The maximum Gasteiger partial charge on any atom is 0.222 e. The lowest BCUT2D eigenvalue weighted by atomic mass is 9.95. The van der Waals surface area contributed by atoms with Crippen LogP contribution < -0.4 is 25.3 Å². The number of nitrogens with one attached hydrogen (secondary N) is 2. The number of anilines is 4. The van der Waals surface area contributed by atoms with Crippen molar-refractivity contribution in [1.29, 1.82) is 0 Å². The Labute approximate surface area is 328 Å². The average molecular weight is 794 g/mol. The number of aryl methyl sites for hydroxylation is 1. The number of hydrogen-bond acceptors (Lipinski definition) is 10. The van der Waals surface area contributed by atoms with E-state index in [0.717, 1.165) is 87.6 Å². The third-order valence-electron chi connectivity index (χ3n) is 11.0. The van der Waals surface area contributed by atoms with Crippen molar-refractivity contribution in [2.75, 3.05) is 92.5 Å². The van der Waals surface area contributed by atoms with Crippen molar-refractivity contribution in [1.82, 2.24) is 34.3 Å². The van der Waals surface area contributed by atoms with Gasteiger partial charge in [0, 0.05) is 103 Å². The first-order valence-corrected chi connectivity index (χ1v) is 20.5. The molecule has 55 heavy (non-hydrogen) atoms. The standard InChI is InChI=1S/C38H49ClFN11O3S/c1-41-36(53)10-13-50(26-52)37-32-21-33(40)35(22-34(32)46(2)45-37)49-18-16-47(17-19-49)25-27-6-11-48(12-7-27)30-4-3-5-31(20-30)55(54)51-14-8-29(9-15-51)44-38-42-23-28(39)24-43-38/h3-5,20-24,26-27,29H,6-19,25H2,1-2H3,(H,41,53)(H,42,43,44). The van der Waals surface area contributed by atoms with Crippen LogP contribution in [0.1, 0.15) is 32.1 Å². The van der Waals surface area contributed by atoms with Crippen LogP contribution in [0.25, 0.3) is 10.9 Å². The number of nitrogens with zero attached hydrogens (tertiary/aromatic N) is 9. The Morgan fingerprint density at radius 1 is 1.00 bits per heavy atom. The van der Waals surface area contributed by atoms with E-state index < -0.39 is 11.0 Å². The Balaban J connectivity index is 0.875. The molecule has 0 saturated carbocycles. The van der Waals surface area contributed by atoms with Crippen LogP contribution in [0.3, 0.4) is 0 Å². The molecule has 2 aromatic carbocycles. The molecule has 294 valence electrons. The molecule has 14 nitrogen and oxygen atoms in total. The smallest absolute Gasteiger partial charge is 0.222 e. The van der Waals surface area contributed by atoms with Gasteiger partial charge in [-0.3, -0.25) is 24.1 Å². The minimum Gasteiger partial charge on any atom is -0.371 e. The molecule has 0 aliphatic carbocycles. The maximum atomic E-state index is 15.6. The van der Waals surface area contributed by atoms with Gasteiger partial charge in [-0.2, -0.15) is 5.10 Å². The number of amides is 2. The number of hydrogen-bond donors (Lipinski definition) is 2. The minimum atomic E-state index is -1.23. The molecule has 3 fully saturated rings. The van der Waals surface area contributed by atoms with Crippen LogP contribution in [0, 0.1) is 11.7 Å². The van der Waals surface area contributed by atoms with Crippen molar-refractivity contribution in [2.45, 2.75) is 43.0 Å². The third-order valence-corrected chi connectivity index (χ3v) is 12.7. The first kappa shape index (κ1) is 38.9. The zero-order chi connectivity index (χ0) is 38.5. The monoisotopic (exact) mass is 793 g/mol. The number of halogens is 2. The molecule has 17 heteroatoms. The highest BCUT2D eigenvalue weighted by Crippen LogP contribution is 2.33. The van der Waals surface area contributed by atoms with Crippen LogP contribution in [-0.2, 0) is 27.6 Å². The summed E-state index contributed by atoms with van der Waals surface area (Å²) in [6.07, 6.45) is 7.79. The SMILES string of the molecule is CNC(=O)CCN(C=O)c1nn(C)c2cc(N3CCN(CC4CCN(c5cccc(S(=O)N6CCC(Nc7ncc(Cl)cn7)CC6)c5)CC4)CC3)c(F)cc12. The fourth-order valence-corrected chi connectivity index (χ4v) is 9.20. The molecule has 3 aliphatic heterocycles. The van der Waals surface area contributed by atoms with Crippen molar-refractivity contribution < 1.29 is 18.2 Å². The second-order valence-electron chi connectivity index (χ2n) is 14.5. The van der Waals surface area contributed by atoms with E-state index in [4.69, 9.17) is 11.6 Å². The third kappa shape index (κ3) is 9.20. The average Bonchev–Trinajstić information content (AvgIpc) is 3.53. The second-order valence-corrected chi connectivity index (χ2v) is 16.4. The molecule has 0 bridgehead atoms. The van der Waals surface area contributed by atoms with Crippen molar-refractivity contribution in [3.63, 3.8) is 0 Å². The van der Waals surface area contributed by atoms with Gasteiger partial charge in [-0.15, -0.1) is 0 Å². The number of aromatic nitrogens is 4. The van der Waals surface area contributed by atoms with Gasteiger partial charge in [0.25, 0.3) is 0 Å². The number of fused-ring (bicyclic) bond motifs is 1. The van der Waals surface area contributed by atoms with Crippen LogP contribution in [0.2, 0.25) is 5.02 Å². The first-order valence-electron chi connectivity index (χ1n) is 19.0. The lowest BCUT2D eigenvalue weighted by molar-refractivity contribution is -0.120. The van der Waals surface area contributed by atoms with E-state index in [1.54, 1.807) is 31.2 Å². The van der Waals surface area contributed by atoms with Crippen LogP contribution in [0.5, 0.6) is 0 Å². The van der Waals surface area contributed by atoms with Gasteiger partial charge in [0.2, 0.25) is 18.3 Å². The largest absolute Gasteiger partial charge is 0.371 e. The molecule has 5 heterocycles. The van der Waals surface area contributed by atoms with Crippen molar-refractivity contribution >= 4 is 68.9 Å². The van der Waals surface area contributed by atoms with Gasteiger partial charge in [-0.25, -0.2) is 22.9 Å². The van der Waals surface area contributed by atoms with E-state index in [2.05, 4.69) is 56.8 Å². The van der Waals surface area contributed by atoms with Gasteiger partial charge >= 0.3 is 0 Å². The summed E-state index contributed by atoms with van der Waals surface area (Å²) in [6.45, 7) is 7.66. The highest BCUT2D eigenvalue weighted by atomic mass is 35.5. The molecular weight excluding hydrogens is 745 g/mol. The van der Waals surface area contributed by atoms with Crippen LogP contribution >= 0.6 is 11.6 Å². The van der Waals surface area contributed by atoms with Gasteiger partial charge in [0.1, 0.15) is 16.8 Å². The number of rotatable bonds is 13. The van der Waals surface area contributed by atoms with Crippen molar-refractivity contribution in [2.24, 2.45) is 13.0 Å². The maximum absolute atomic E-state index is 15.6. The number of carbonyl (C=O) groups is 2. The molecule has 2 aromatic heterocycles. The lowest BCUT2D eigenvalue weighted by Crippen LogP contribution is -2.49.